The van der Waals surface area contributed by atoms with Crippen molar-refractivity contribution in [2.45, 2.75) is 51.4 Å². The highest BCUT2D eigenvalue weighted by atomic mass is 16.5. The van der Waals surface area contributed by atoms with Gasteiger partial charge in [-0.2, -0.15) is 0 Å². The maximum atomic E-state index is 12.3. The number of imidazole rings is 1. The molecule has 0 saturated carbocycles. The average molecular weight is 277 g/mol. The molecule has 0 radical (unpaired) electrons. The van der Waals surface area contributed by atoms with Crippen LogP contribution >= 0.6 is 0 Å². The van der Waals surface area contributed by atoms with Gasteiger partial charge in [0.05, 0.1) is 6.10 Å². The summed E-state index contributed by atoms with van der Waals surface area (Å²) in [6, 6.07) is 0. The molecule has 5 heteroatoms. The van der Waals surface area contributed by atoms with E-state index in [0.29, 0.717) is 5.92 Å². The standard InChI is InChI=1S/C15H23N3O2/c1-11-3-5-13(20-11)15(19)17(2)9-12-4-6-14-16-7-8-18(14)10-12/h7-8,11-13H,3-6,9-10H2,1-2H3/t11-,12-,13-/m1/s1. The number of hydrogen-bond acceptors (Lipinski definition) is 3. The average Bonchev–Trinajstić information content (AvgIpc) is 3.05. The van der Waals surface area contributed by atoms with E-state index in [1.165, 1.54) is 5.82 Å². The molecule has 1 amide bonds. The molecule has 0 spiro atoms. The van der Waals surface area contributed by atoms with Crippen LogP contribution in [0.4, 0.5) is 0 Å². The molecular weight excluding hydrogens is 254 g/mol. The van der Waals surface area contributed by atoms with E-state index in [1.54, 1.807) is 0 Å². The van der Waals surface area contributed by atoms with Gasteiger partial charge in [0.1, 0.15) is 11.9 Å². The van der Waals surface area contributed by atoms with Gasteiger partial charge in [0, 0.05) is 39.0 Å². The summed E-state index contributed by atoms with van der Waals surface area (Å²) in [7, 11) is 1.90. The number of aromatic nitrogens is 2. The molecular formula is C15H23N3O2. The third kappa shape index (κ3) is 2.73. The number of aryl methyl sites for hydroxylation is 1. The van der Waals surface area contributed by atoms with Crippen LogP contribution in [0.1, 0.15) is 32.0 Å². The predicted octanol–water partition coefficient (Wildman–Crippen LogP) is 1.47. The quantitative estimate of drug-likeness (QED) is 0.840. The third-order valence-electron chi connectivity index (χ3n) is 4.45. The molecule has 1 saturated heterocycles. The normalized spacial score (nSPS) is 29.2. The van der Waals surface area contributed by atoms with Crippen LogP contribution in [0.2, 0.25) is 0 Å². The van der Waals surface area contributed by atoms with Crippen LogP contribution in [-0.4, -0.2) is 46.2 Å². The Balaban J connectivity index is 1.54. The highest BCUT2D eigenvalue weighted by molar-refractivity contribution is 5.80. The van der Waals surface area contributed by atoms with E-state index in [9.17, 15) is 4.79 Å². The molecule has 5 nitrogen and oxygen atoms in total. The molecule has 1 aromatic heterocycles. The minimum absolute atomic E-state index is 0.144. The number of rotatable bonds is 3. The molecule has 1 fully saturated rings. The second kappa shape index (κ2) is 5.56. The fourth-order valence-corrected chi connectivity index (χ4v) is 3.29. The molecule has 2 aliphatic heterocycles. The van der Waals surface area contributed by atoms with Crippen molar-refractivity contribution < 1.29 is 9.53 Å². The van der Waals surface area contributed by atoms with Gasteiger partial charge in [-0.25, -0.2) is 4.98 Å². The minimum atomic E-state index is -0.220. The summed E-state index contributed by atoms with van der Waals surface area (Å²) < 4.78 is 7.88. The van der Waals surface area contributed by atoms with Crippen molar-refractivity contribution >= 4 is 5.91 Å². The van der Waals surface area contributed by atoms with Crippen molar-refractivity contribution in [1.82, 2.24) is 14.5 Å². The summed E-state index contributed by atoms with van der Waals surface area (Å²) >= 11 is 0. The summed E-state index contributed by atoms with van der Waals surface area (Å²) in [5.41, 5.74) is 0. The number of carbonyl (C=O) groups is 1. The van der Waals surface area contributed by atoms with E-state index >= 15 is 0 Å². The Hall–Kier alpha value is -1.36. The number of likely N-dealkylation sites (N-methyl/N-ethyl adjacent to an activating group) is 1. The van der Waals surface area contributed by atoms with Gasteiger partial charge >= 0.3 is 0 Å². The highest BCUT2D eigenvalue weighted by Crippen LogP contribution is 2.23. The maximum absolute atomic E-state index is 12.3. The lowest BCUT2D eigenvalue weighted by Gasteiger charge is -2.29. The Bertz CT molecular complexity index is 485. The van der Waals surface area contributed by atoms with E-state index in [1.807, 2.05) is 31.3 Å². The summed E-state index contributed by atoms with van der Waals surface area (Å²) in [5.74, 6) is 1.83. The Morgan fingerprint density at radius 3 is 3.10 bits per heavy atom. The fourth-order valence-electron chi connectivity index (χ4n) is 3.29. The van der Waals surface area contributed by atoms with Gasteiger partial charge in [0.15, 0.2) is 0 Å². The molecule has 3 atom stereocenters. The van der Waals surface area contributed by atoms with Gasteiger partial charge in [-0.05, 0) is 32.1 Å². The van der Waals surface area contributed by atoms with Gasteiger partial charge in [-0.3, -0.25) is 4.79 Å². The Morgan fingerprint density at radius 1 is 1.50 bits per heavy atom. The molecule has 1 aromatic rings. The van der Waals surface area contributed by atoms with Crippen molar-refractivity contribution in [3.05, 3.63) is 18.2 Å². The lowest BCUT2D eigenvalue weighted by Crippen LogP contribution is -2.40. The number of hydrogen-bond donors (Lipinski definition) is 0. The van der Waals surface area contributed by atoms with Crippen LogP contribution in [0.3, 0.4) is 0 Å². The van der Waals surface area contributed by atoms with E-state index in [4.69, 9.17) is 4.74 Å². The molecule has 0 bridgehead atoms. The first-order valence-electron chi connectivity index (χ1n) is 7.54. The van der Waals surface area contributed by atoms with Crippen LogP contribution in [0.15, 0.2) is 12.4 Å². The number of amides is 1. The van der Waals surface area contributed by atoms with E-state index < -0.39 is 0 Å². The van der Waals surface area contributed by atoms with Gasteiger partial charge in [-0.1, -0.05) is 0 Å². The van der Waals surface area contributed by atoms with Gasteiger partial charge in [0.25, 0.3) is 5.91 Å². The summed E-state index contributed by atoms with van der Waals surface area (Å²) in [6.07, 6.45) is 7.87. The summed E-state index contributed by atoms with van der Waals surface area (Å²) in [4.78, 5) is 18.5. The SMILES string of the molecule is C[C@@H]1CC[C@H](C(=O)N(C)C[C@H]2CCc3nccn3C2)O1. The molecule has 110 valence electrons. The van der Waals surface area contributed by atoms with Crippen molar-refractivity contribution in [2.24, 2.45) is 5.92 Å². The molecule has 0 unspecified atom stereocenters. The van der Waals surface area contributed by atoms with Gasteiger partial charge in [-0.15, -0.1) is 0 Å². The summed E-state index contributed by atoms with van der Waals surface area (Å²) in [6.45, 7) is 3.81. The Kier molecular flexibility index (Phi) is 3.78. The lowest BCUT2D eigenvalue weighted by molar-refractivity contribution is -0.141. The lowest BCUT2D eigenvalue weighted by atomic mass is 9.98. The Labute approximate surface area is 119 Å². The molecule has 0 aliphatic carbocycles. The van der Waals surface area contributed by atoms with Gasteiger partial charge in [0.2, 0.25) is 0 Å². The number of fused-ring (bicyclic) bond motifs is 1. The number of ether oxygens (including phenoxy) is 1. The first-order chi connectivity index (χ1) is 9.63. The zero-order valence-electron chi connectivity index (χ0n) is 12.3. The first kappa shape index (κ1) is 13.6. The number of nitrogens with zero attached hydrogens (tertiary/aromatic N) is 3. The topological polar surface area (TPSA) is 47.4 Å². The second-order valence-corrected chi connectivity index (χ2v) is 6.13. The van der Waals surface area contributed by atoms with E-state index in [0.717, 1.165) is 38.8 Å². The van der Waals surface area contributed by atoms with Crippen molar-refractivity contribution in [1.29, 1.82) is 0 Å². The molecule has 3 heterocycles. The molecule has 2 aliphatic rings. The van der Waals surface area contributed by atoms with Gasteiger partial charge < -0.3 is 14.2 Å². The molecule has 3 rings (SSSR count). The van der Waals surface area contributed by atoms with E-state index in [2.05, 4.69) is 9.55 Å². The summed E-state index contributed by atoms with van der Waals surface area (Å²) in [5, 5.41) is 0. The van der Waals surface area contributed by atoms with Crippen molar-refractivity contribution in [3.8, 4) is 0 Å². The largest absolute Gasteiger partial charge is 0.365 e. The van der Waals surface area contributed by atoms with Crippen molar-refractivity contribution in [3.63, 3.8) is 0 Å². The monoisotopic (exact) mass is 277 g/mol. The van der Waals surface area contributed by atoms with E-state index in [-0.39, 0.29) is 18.1 Å². The van der Waals surface area contributed by atoms with Crippen LogP contribution in [0, 0.1) is 5.92 Å². The number of carbonyl (C=O) groups excluding carboxylic acids is 1. The highest BCUT2D eigenvalue weighted by Gasteiger charge is 2.31. The fraction of sp³-hybridized carbons (Fsp3) is 0.733. The molecule has 20 heavy (non-hydrogen) atoms. The maximum Gasteiger partial charge on any atom is 0.251 e. The van der Waals surface area contributed by atoms with Crippen LogP contribution < -0.4 is 0 Å². The van der Waals surface area contributed by atoms with Crippen LogP contribution in [-0.2, 0) is 22.5 Å². The first-order valence-corrected chi connectivity index (χ1v) is 7.54. The minimum Gasteiger partial charge on any atom is -0.365 e. The van der Waals surface area contributed by atoms with Crippen molar-refractivity contribution in [2.75, 3.05) is 13.6 Å². The zero-order valence-corrected chi connectivity index (χ0v) is 12.3. The third-order valence-corrected chi connectivity index (χ3v) is 4.45. The molecule has 0 aromatic carbocycles. The smallest absolute Gasteiger partial charge is 0.251 e. The van der Waals surface area contributed by atoms with Crippen LogP contribution in [0.25, 0.3) is 0 Å². The molecule has 0 N–H and O–H groups in total. The second-order valence-electron chi connectivity index (χ2n) is 6.13. The predicted molar refractivity (Wildman–Crippen MR) is 75.2 cm³/mol. The Morgan fingerprint density at radius 2 is 2.35 bits per heavy atom. The zero-order chi connectivity index (χ0) is 14.1. The van der Waals surface area contributed by atoms with Crippen LogP contribution in [0.5, 0.6) is 0 Å².